The van der Waals surface area contributed by atoms with E-state index in [4.69, 9.17) is 42.6 Å². The highest BCUT2D eigenvalue weighted by Gasteiger charge is 2.49. The van der Waals surface area contributed by atoms with Crippen LogP contribution in [-0.4, -0.2) is 112 Å². The number of hydrogen-bond acceptors (Lipinski definition) is 15. The maximum absolute atomic E-state index is 11.6. The zero-order valence-electron chi connectivity index (χ0n) is 29.6. The Morgan fingerprint density at radius 2 is 0.958 bits per heavy atom. The van der Waals surface area contributed by atoms with Crippen molar-refractivity contribution < 1.29 is 71.4 Å². The summed E-state index contributed by atoms with van der Waals surface area (Å²) < 4.78 is 48.6. The summed E-state index contributed by atoms with van der Waals surface area (Å²) in [7, 11) is -1.32. The van der Waals surface area contributed by atoms with Crippen molar-refractivity contribution in [3.05, 3.63) is 0 Å². The van der Waals surface area contributed by atoms with E-state index < -0.39 is 97.7 Å². The zero-order chi connectivity index (χ0) is 36.9. The maximum atomic E-state index is 11.6. The summed E-state index contributed by atoms with van der Waals surface area (Å²) in [6, 6.07) is 0.913. The largest absolute Gasteiger partial charge is 0.463 e. The van der Waals surface area contributed by atoms with Crippen LogP contribution in [-0.2, 0) is 71.4 Å². The molecule has 0 aliphatic carbocycles. The smallest absolute Gasteiger partial charge is 0.303 e. The molecule has 0 amide bonds. The Balaban J connectivity index is 0.000000495. The number of rotatable bonds is 12. The van der Waals surface area contributed by atoms with Crippen LogP contribution < -0.4 is 0 Å². The standard InChI is InChI=1S/C18H32O8Si.C13H19BrO7/c1-11-16(24-13(3)20)15(10-23-12(2)19)26-18(17(11)25-14(4)21)22-8-9-27(5,6)7;1-6-11(19-8(3)16)10(5-18-7(2)15)21-13(14)12(6)20-9(4)17/h11,15-18H,8-10H2,1-7H3;6,10-13H,5H2,1-4H3. The predicted octanol–water partition coefficient (Wildman–Crippen LogP) is 3.30. The molecule has 2 heterocycles. The van der Waals surface area contributed by atoms with E-state index in [2.05, 4.69) is 35.6 Å². The first-order valence-corrected chi connectivity index (χ1v) is 20.3. The fourth-order valence-electron chi connectivity index (χ4n) is 4.93. The fraction of sp³-hybridized carbons (Fsp3) is 0.806. The van der Waals surface area contributed by atoms with Crippen molar-refractivity contribution in [2.75, 3.05) is 19.8 Å². The van der Waals surface area contributed by atoms with Crippen LogP contribution in [0.4, 0.5) is 0 Å². The van der Waals surface area contributed by atoms with Gasteiger partial charge in [0.05, 0.1) is 0 Å². The number of halogens is 1. The third-order valence-corrected chi connectivity index (χ3v) is 9.63. The number of carbonyl (C=O) groups excluding carboxylic acids is 6. The van der Waals surface area contributed by atoms with Gasteiger partial charge in [-0.15, -0.1) is 0 Å². The maximum Gasteiger partial charge on any atom is 0.303 e. The fourth-order valence-corrected chi connectivity index (χ4v) is 6.52. The van der Waals surface area contributed by atoms with Crippen molar-refractivity contribution >= 4 is 59.8 Å². The first-order valence-electron chi connectivity index (χ1n) is 15.6. The highest BCUT2D eigenvalue weighted by molar-refractivity contribution is 9.09. The molecule has 17 heteroatoms. The molecule has 0 aromatic heterocycles. The summed E-state index contributed by atoms with van der Waals surface area (Å²) in [5.41, 5.74) is 0. The van der Waals surface area contributed by atoms with Crippen molar-refractivity contribution in [1.29, 1.82) is 0 Å². The molecule has 0 bridgehead atoms. The number of carbonyl (C=O) groups is 6. The Labute approximate surface area is 291 Å². The van der Waals surface area contributed by atoms with Crippen molar-refractivity contribution in [1.82, 2.24) is 0 Å². The lowest BCUT2D eigenvalue weighted by molar-refractivity contribution is -0.292. The van der Waals surface area contributed by atoms with Gasteiger partial charge in [0.1, 0.15) is 48.7 Å². The molecule has 2 fully saturated rings. The Morgan fingerprint density at radius 1 is 0.583 bits per heavy atom. The second kappa shape index (κ2) is 20.2. The lowest BCUT2D eigenvalue weighted by atomic mass is 9.90. The van der Waals surface area contributed by atoms with Gasteiger partial charge in [0.25, 0.3) is 0 Å². The molecule has 2 saturated heterocycles. The molecule has 0 aromatic carbocycles. The number of esters is 6. The monoisotopic (exact) mass is 770 g/mol. The van der Waals surface area contributed by atoms with Crippen molar-refractivity contribution in [3.8, 4) is 0 Å². The zero-order valence-corrected chi connectivity index (χ0v) is 32.2. The van der Waals surface area contributed by atoms with Crippen LogP contribution in [0.5, 0.6) is 0 Å². The van der Waals surface area contributed by atoms with Gasteiger partial charge in [0, 0.05) is 68.1 Å². The minimum Gasteiger partial charge on any atom is -0.463 e. The van der Waals surface area contributed by atoms with Gasteiger partial charge in [-0.1, -0.05) is 49.4 Å². The average Bonchev–Trinajstić information content (AvgIpc) is 2.93. The highest BCUT2D eigenvalue weighted by Crippen LogP contribution is 2.34. The predicted molar refractivity (Wildman–Crippen MR) is 174 cm³/mol. The minimum atomic E-state index is -1.32. The molecule has 0 spiro atoms. The molecule has 48 heavy (non-hydrogen) atoms. The summed E-state index contributed by atoms with van der Waals surface area (Å²) in [5.74, 6) is -3.57. The lowest BCUT2D eigenvalue weighted by Crippen LogP contribution is -2.58. The van der Waals surface area contributed by atoms with Gasteiger partial charge in [0.15, 0.2) is 12.4 Å². The van der Waals surface area contributed by atoms with Crippen LogP contribution in [0.25, 0.3) is 0 Å². The van der Waals surface area contributed by atoms with E-state index in [9.17, 15) is 28.8 Å². The van der Waals surface area contributed by atoms with Crippen LogP contribution in [0.2, 0.25) is 25.7 Å². The van der Waals surface area contributed by atoms with E-state index in [0.717, 1.165) is 6.04 Å². The molecule has 2 aliphatic rings. The Morgan fingerprint density at radius 3 is 1.35 bits per heavy atom. The van der Waals surface area contributed by atoms with Gasteiger partial charge in [0.2, 0.25) is 0 Å². The average molecular weight is 772 g/mol. The Hall–Kier alpha value is -2.60. The summed E-state index contributed by atoms with van der Waals surface area (Å²) in [6.07, 6.45) is -4.93. The van der Waals surface area contributed by atoms with Crippen LogP contribution in [0.3, 0.4) is 0 Å². The second-order valence-electron chi connectivity index (χ2n) is 12.9. The minimum absolute atomic E-state index is 0.0491. The first-order chi connectivity index (χ1) is 22.1. The Kier molecular flexibility index (Phi) is 18.2. The van der Waals surface area contributed by atoms with E-state index in [1.165, 1.54) is 41.5 Å². The molecule has 0 radical (unpaired) electrons. The molecular formula is C31H51BrO15Si. The summed E-state index contributed by atoms with van der Waals surface area (Å²) >= 11 is 3.28. The van der Waals surface area contributed by atoms with Crippen LogP contribution in [0, 0.1) is 11.8 Å². The van der Waals surface area contributed by atoms with Crippen LogP contribution in [0.15, 0.2) is 0 Å². The van der Waals surface area contributed by atoms with Gasteiger partial charge in [-0.25, -0.2) is 0 Å². The van der Waals surface area contributed by atoms with Crippen LogP contribution >= 0.6 is 15.9 Å². The molecule has 2 rings (SSSR count). The number of ether oxygens (including phenoxy) is 9. The molecule has 0 saturated carbocycles. The number of hydrogen-bond donors (Lipinski definition) is 0. The van der Waals surface area contributed by atoms with Gasteiger partial charge in [-0.3, -0.25) is 28.8 Å². The van der Waals surface area contributed by atoms with Crippen molar-refractivity contribution in [2.45, 2.75) is 129 Å². The van der Waals surface area contributed by atoms with Gasteiger partial charge in [-0.2, -0.15) is 0 Å². The summed E-state index contributed by atoms with van der Waals surface area (Å²) in [4.78, 5) is 67.6. The summed E-state index contributed by atoms with van der Waals surface area (Å²) in [5, 5.41) is -0.580. The molecule has 0 N–H and O–H groups in total. The van der Waals surface area contributed by atoms with Gasteiger partial charge in [-0.05, 0) is 6.04 Å². The van der Waals surface area contributed by atoms with Crippen molar-refractivity contribution in [3.63, 3.8) is 0 Å². The first kappa shape index (κ1) is 43.4. The second-order valence-corrected chi connectivity index (χ2v) is 19.4. The van der Waals surface area contributed by atoms with Gasteiger partial charge < -0.3 is 42.6 Å². The lowest BCUT2D eigenvalue weighted by Gasteiger charge is -2.43. The van der Waals surface area contributed by atoms with E-state index in [-0.39, 0.29) is 19.1 Å². The normalized spacial score (nSPS) is 30.0. The van der Waals surface area contributed by atoms with E-state index in [1.54, 1.807) is 13.8 Å². The topological polar surface area (TPSA) is 185 Å². The van der Waals surface area contributed by atoms with Gasteiger partial charge >= 0.3 is 35.8 Å². The SMILES string of the molecule is CC(=O)OCC1OC(Br)C(OC(C)=O)C(C)C1OC(C)=O.CC(=O)OCC1OC(OCC[Si](C)(C)C)C(OC(C)=O)C(C)C1OC(C)=O. The molecule has 10 unspecified atom stereocenters. The van der Waals surface area contributed by atoms with E-state index >= 15 is 0 Å². The van der Waals surface area contributed by atoms with E-state index in [0.29, 0.717) is 6.61 Å². The third-order valence-electron chi connectivity index (χ3n) is 7.19. The quantitative estimate of drug-likeness (QED) is 0.122. The number of alkyl halides is 1. The molecule has 10 atom stereocenters. The third kappa shape index (κ3) is 15.7. The van der Waals surface area contributed by atoms with E-state index in [1.807, 2.05) is 0 Å². The van der Waals surface area contributed by atoms with Crippen molar-refractivity contribution in [2.24, 2.45) is 11.8 Å². The molecule has 2 aliphatic heterocycles. The molecule has 15 nitrogen and oxygen atoms in total. The summed E-state index contributed by atoms with van der Waals surface area (Å²) in [6.45, 7) is 18.3. The molecule has 276 valence electrons. The highest BCUT2D eigenvalue weighted by atomic mass is 79.9. The van der Waals surface area contributed by atoms with Crippen LogP contribution in [0.1, 0.15) is 55.4 Å². The Bertz CT molecular complexity index is 1110. The molecular weight excluding hydrogens is 720 g/mol. The molecule has 0 aromatic rings.